The van der Waals surface area contributed by atoms with Crippen molar-refractivity contribution in [3.05, 3.63) is 22.6 Å². The summed E-state index contributed by atoms with van der Waals surface area (Å²) in [5, 5.41) is 5.55. The standard InChI is InChI=1S/C19H24N6O2S/c1-3-27-19(26)16-12(2)15-17-21-14(22-25(17)11-20-18(15)28-16)10-23-7-8-24-6-4-5-13(24)9-23/h11,13H,3-10H2,1-2H3. The second-order valence-electron chi connectivity index (χ2n) is 7.56. The van der Waals surface area contributed by atoms with Gasteiger partial charge in [0.1, 0.15) is 16.0 Å². The van der Waals surface area contributed by atoms with Gasteiger partial charge in [-0.2, -0.15) is 0 Å². The monoisotopic (exact) mass is 400 g/mol. The van der Waals surface area contributed by atoms with E-state index in [1.165, 1.54) is 30.7 Å². The Balaban J connectivity index is 1.45. The first-order valence-corrected chi connectivity index (χ1v) is 10.7. The molecule has 9 heteroatoms. The zero-order chi connectivity index (χ0) is 19.3. The second kappa shape index (κ2) is 7.06. The van der Waals surface area contributed by atoms with Gasteiger partial charge in [0.2, 0.25) is 0 Å². The maximum absolute atomic E-state index is 12.2. The predicted molar refractivity (Wildman–Crippen MR) is 107 cm³/mol. The largest absolute Gasteiger partial charge is 0.462 e. The summed E-state index contributed by atoms with van der Waals surface area (Å²) in [5.41, 5.74) is 1.64. The number of piperazine rings is 1. The minimum Gasteiger partial charge on any atom is -0.462 e. The Morgan fingerprint density at radius 3 is 3.11 bits per heavy atom. The van der Waals surface area contributed by atoms with Crippen molar-refractivity contribution in [1.82, 2.24) is 29.4 Å². The molecule has 0 amide bonds. The lowest BCUT2D eigenvalue weighted by Gasteiger charge is -2.36. The molecule has 5 rings (SSSR count). The van der Waals surface area contributed by atoms with Crippen molar-refractivity contribution in [3.63, 3.8) is 0 Å². The zero-order valence-electron chi connectivity index (χ0n) is 16.2. The number of carbonyl (C=O) groups excluding carboxylic acids is 1. The summed E-state index contributed by atoms with van der Waals surface area (Å²) in [6.45, 7) is 9.39. The van der Waals surface area contributed by atoms with Gasteiger partial charge in [-0.05, 0) is 38.8 Å². The van der Waals surface area contributed by atoms with Crippen molar-refractivity contribution >= 4 is 33.2 Å². The van der Waals surface area contributed by atoms with Crippen LogP contribution < -0.4 is 0 Å². The SMILES string of the molecule is CCOC(=O)c1sc2ncn3nc(CN4CCN5CCCC5C4)nc3c2c1C. The van der Waals surface area contributed by atoms with Gasteiger partial charge in [0.25, 0.3) is 0 Å². The molecule has 8 nitrogen and oxygen atoms in total. The van der Waals surface area contributed by atoms with Crippen LogP contribution >= 0.6 is 11.3 Å². The first kappa shape index (κ1) is 18.0. The Morgan fingerprint density at radius 2 is 2.25 bits per heavy atom. The van der Waals surface area contributed by atoms with Crippen molar-refractivity contribution < 1.29 is 9.53 Å². The number of hydrogen-bond acceptors (Lipinski definition) is 8. The molecule has 0 bridgehead atoms. The summed E-state index contributed by atoms with van der Waals surface area (Å²) in [4.78, 5) is 28.0. The molecule has 2 fully saturated rings. The number of fused-ring (bicyclic) bond motifs is 4. The molecule has 1 unspecified atom stereocenters. The molecule has 0 spiro atoms. The smallest absolute Gasteiger partial charge is 0.348 e. The zero-order valence-corrected chi connectivity index (χ0v) is 17.0. The van der Waals surface area contributed by atoms with E-state index in [0.29, 0.717) is 17.5 Å². The molecule has 1 atom stereocenters. The van der Waals surface area contributed by atoms with Crippen molar-refractivity contribution in [3.8, 4) is 0 Å². The summed E-state index contributed by atoms with van der Waals surface area (Å²) < 4.78 is 6.92. The normalized spacial score (nSPS) is 20.9. The number of nitrogens with zero attached hydrogens (tertiary/aromatic N) is 6. The molecular weight excluding hydrogens is 376 g/mol. The van der Waals surface area contributed by atoms with E-state index in [1.54, 1.807) is 10.8 Å². The van der Waals surface area contributed by atoms with Crippen LogP contribution in [0.1, 0.15) is 40.8 Å². The van der Waals surface area contributed by atoms with Crippen LogP contribution in [0.3, 0.4) is 0 Å². The highest BCUT2D eigenvalue weighted by atomic mass is 32.1. The number of hydrogen-bond donors (Lipinski definition) is 0. The van der Waals surface area contributed by atoms with E-state index < -0.39 is 0 Å². The van der Waals surface area contributed by atoms with Crippen LogP contribution in [0.15, 0.2) is 6.33 Å². The molecule has 5 heterocycles. The predicted octanol–water partition coefficient (Wildman–Crippen LogP) is 2.10. The summed E-state index contributed by atoms with van der Waals surface area (Å²) in [7, 11) is 0. The molecule has 0 saturated carbocycles. The molecule has 3 aromatic heterocycles. The van der Waals surface area contributed by atoms with Crippen LogP contribution in [-0.2, 0) is 11.3 Å². The van der Waals surface area contributed by atoms with E-state index in [0.717, 1.165) is 53.4 Å². The minimum absolute atomic E-state index is 0.296. The second-order valence-corrected chi connectivity index (χ2v) is 8.56. The molecule has 0 radical (unpaired) electrons. The summed E-state index contributed by atoms with van der Waals surface area (Å²) in [5.74, 6) is 0.513. The fourth-order valence-electron chi connectivity index (χ4n) is 4.44. The number of ether oxygens (including phenoxy) is 1. The third kappa shape index (κ3) is 2.98. The van der Waals surface area contributed by atoms with Gasteiger partial charge in [-0.1, -0.05) is 0 Å². The molecule has 0 N–H and O–H groups in total. The minimum atomic E-state index is -0.296. The number of carbonyl (C=O) groups is 1. The van der Waals surface area contributed by atoms with Gasteiger partial charge in [0.05, 0.1) is 18.5 Å². The van der Waals surface area contributed by atoms with Gasteiger partial charge in [0, 0.05) is 25.7 Å². The Morgan fingerprint density at radius 1 is 1.36 bits per heavy atom. The van der Waals surface area contributed by atoms with E-state index in [-0.39, 0.29) is 5.97 Å². The van der Waals surface area contributed by atoms with Crippen molar-refractivity contribution in [2.45, 2.75) is 39.3 Å². The van der Waals surface area contributed by atoms with E-state index in [2.05, 4.69) is 19.9 Å². The highest BCUT2D eigenvalue weighted by Crippen LogP contribution is 2.32. The van der Waals surface area contributed by atoms with Gasteiger partial charge in [-0.3, -0.25) is 9.80 Å². The third-order valence-corrected chi connectivity index (χ3v) is 6.99. The van der Waals surface area contributed by atoms with Gasteiger partial charge in [-0.25, -0.2) is 19.3 Å². The summed E-state index contributed by atoms with van der Waals surface area (Å²) >= 11 is 1.36. The van der Waals surface area contributed by atoms with Crippen LogP contribution in [0.25, 0.3) is 15.9 Å². The van der Waals surface area contributed by atoms with Gasteiger partial charge in [-0.15, -0.1) is 16.4 Å². The molecule has 3 aromatic rings. The molecular formula is C19H24N6O2S. The Bertz CT molecular complexity index is 1040. The summed E-state index contributed by atoms with van der Waals surface area (Å²) in [6.07, 6.45) is 4.30. The third-order valence-electron chi connectivity index (χ3n) is 5.81. The quantitative estimate of drug-likeness (QED) is 0.621. The lowest BCUT2D eigenvalue weighted by molar-refractivity contribution is 0.0531. The lowest BCUT2D eigenvalue weighted by Crippen LogP contribution is -2.49. The van der Waals surface area contributed by atoms with Crippen LogP contribution in [0, 0.1) is 6.92 Å². The molecule has 0 aromatic carbocycles. The average Bonchev–Trinajstić information content (AvgIpc) is 3.38. The average molecular weight is 401 g/mol. The molecule has 0 aliphatic carbocycles. The lowest BCUT2D eigenvalue weighted by atomic mass is 10.1. The van der Waals surface area contributed by atoms with E-state index in [4.69, 9.17) is 9.72 Å². The van der Waals surface area contributed by atoms with E-state index in [1.807, 2.05) is 13.8 Å². The highest BCUT2D eigenvalue weighted by Gasteiger charge is 2.31. The van der Waals surface area contributed by atoms with Gasteiger partial charge in [0.15, 0.2) is 11.5 Å². The van der Waals surface area contributed by atoms with Gasteiger partial charge >= 0.3 is 5.97 Å². The maximum atomic E-state index is 12.2. The topological polar surface area (TPSA) is 75.9 Å². The van der Waals surface area contributed by atoms with Crippen LogP contribution in [0.2, 0.25) is 0 Å². The van der Waals surface area contributed by atoms with Crippen molar-refractivity contribution in [2.75, 3.05) is 32.8 Å². The fraction of sp³-hybridized carbons (Fsp3) is 0.579. The number of esters is 1. The molecule has 148 valence electrons. The Hall–Kier alpha value is -2.10. The van der Waals surface area contributed by atoms with Gasteiger partial charge < -0.3 is 4.74 Å². The Labute approximate surface area is 167 Å². The van der Waals surface area contributed by atoms with Crippen molar-refractivity contribution in [2.24, 2.45) is 0 Å². The molecule has 2 aliphatic heterocycles. The van der Waals surface area contributed by atoms with Crippen LogP contribution in [0.4, 0.5) is 0 Å². The molecule has 2 aliphatic rings. The Kier molecular flexibility index (Phi) is 4.53. The van der Waals surface area contributed by atoms with E-state index >= 15 is 0 Å². The molecule has 28 heavy (non-hydrogen) atoms. The molecule has 2 saturated heterocycles. The number of aryl methyl sites for hydroxylation is 1. The highest BCUT2D eigenvalue weighted by molar-refractivity contribution is 7.20. The first-order chi connectivity index (χ1) is 13.6. The van der Waals surface area contributed by atoms with Crippen molar-refractivity contribution in [1.29, 1.82) is 0 Å². The van der Waals surface area contributed by atoms with Crippen LogP contribution in [-0.4, -0.2) is 74.2 Å². The fourth-order valence-corrected chi connectivity index (χ4v) is 5.47. The number of aromatic nitrogens is 4. The first-order valence-electron chi connectivity index (χ1n) is 9.91. The van der Waals surface area contributed by atoms with E-state index in [9.17, 15) is 4.79 Å². The summed E-state index contributed by atoms with van der Waals surface area (Å²) in [6, 6.07) is 0.686. The maximum Gasteiger partial charge on any atom is 0.348 e. The number of thiophene rings is 1. The number of rotatable bonds is 4. The van der Waals surface area contributed by atoms with Crippen LogP contribution in [0.5, 0.6) is 0 Å².